The van der Waals surface area contributed by atoms with E-state index in [-0.39, 0.29) is 0 Å². The van der Waals surface area contributed by atoms with Gasteiger partial charge in [-0.1, -0.05) is 0 Å². The summed E-state index contributed by atoms with van der Waals surface area (Å²) in [5.41, 5.74) is 1.26. The van der Waals surface area contributed by atoms with Gasteiger partial charge in [0.2, 0.25) is 0 Å². The summed E-state index contributed by atoms with van der Waals surface area (Å²) in [6.45, 7) is 3.57. The summed E-state index contributed by atoms with van der Waals surface area (Å²) in [5, 5.41) is 0. The molecule has 0 amide bonds. The Morgan fingerprint density at radius 3 is 2.67 bits per heavy atom. The van der Waals surface area contributed by atoms with Crippen LogP contribution in [0.25, 0.3) is 0 Å². The molecule has 1 radical (unpaired) electrons. The second-order valence-electron chi connectivity index (χ2n) is 3.12. The number of methoxy groups -OCH3 is 2. The van der Waals surface area contributed by atoms with E-state index in [1.54, 1.807) is 26.4 Å². The van der Waals surface area contributed by atoms with Crippen LogP contribution in [-0.4, -0.2) is 14.2 Å². The Morgan fingerprint density at radius 1 is 1.40 bits per heavy atom. The molecule has 0 aliphatic carbocycles. The highest BCUT2D eigenvalue weighted by Crippen LogP contribution is 2.25. The lowest BCUT2D eigenvalue weighted by molar-refractivity contribution is 0.399. The smallest absolute Gasteiger partial charge is 0.122 e. The Bertz CT molecular complexity index is 359. The first-order valence-corrected chi connectivity index (χ1v) is 4.53. The molecule has 0 aliphatic rings. The second kappa shape index (κ2) is 5.39. The fourth-order valence-electron chi connectivity index (χ4n) is 1.30. The van der Waals surface area contributed by atoms with Crippen molar-refractivity contribution in [2.45, 2.75) is 6.42 Å². The van der Waals surface area contributed by atoms with Gasteiger partial charge in [-0.25, -0.2) is 4.39 Å². The zero-order chi connectivity index (χ0) is 11.3. The van der Waals surface area contributed by atoms with Crippen LogP contribution in [0.1, 0.15) is 5.56 Å². The monoisotopic (exact) mass is 209 g/mol. The Kier molecular flexibility index (Phi) is 4.16. The van der Waals surface area contributed by atoms with Crippen molar-refractivity contribution in [3.05, 3.63) is 42.6 Å². The average molecular weight is 209 g/mol. The average Bonchev–Trinajstić information content (AvgIpc) is 2.28. The van der Waals surface area contributed by atoms with Gasteiger partial charge in [0.15, 0.2) is 0 Å². The van der Waals surface area contributed by atoms with E-state index in [0.29, 0.717) is 24.1 Å². The summed E-state index contributed by atoms with van der Waals surface area (Å²) in [6.07, 6.45) is 0.912. The van der Waals surface area contributed by atoms with Gasteiger partial charge in [0, 0.05) is 5.56 Å². The van der Waals surface area contributed by atoms with E-state index >= 15 is 0 Å². The fraction of sp³-hybridized carbons (Fsp3) is 0.250. The van der Waals surface area contributed by atoms with Crippen molar-refractivity contribution in [3.8, 4) is 11.5 Å². The number of benzene rings is 1. The summed E-state index contributed by atoms with van der Waals surface area (Å²) in [7, 11) is 3.16. The molecular weight excluding hydrogens is 195 g/mol. The number of hydrogen-bond donors (Lipinski definition) is 0. The van der Waals surface area contributed by atoms with Gasteiger partial charge >= 0.3 is 0 Å². The van der Waals surface area contributed by atoms with Crippen molar-refractivity contribution in [1.29, 1.82) is 0 Å². The van der Waals surface area contributed by atoms with Crippen LogP contribution in [0.4, 0.5) is 4.39 Å². The van der Waals surface area contributed by atoms with E-state index in [1.807, 2.05) is 6.07 Å². The lowest BCUT2D eigenvalue weighted by Gasteiger charge is -2.10. The Balaban J connectivity index is 3.01. The van der Waals surface area contributed by atoms with Crippen molar-refractivity contribution in [2.24, 2.45) is 0 Å². The SMILES string of the molecule is [CH2]C(=CF)Cc1cc(OC)ccc1OC. The summed E-state index contributed by atoms with van der Waals surface area (Å²) < 4.78 is 22.4. The highest BCUT2D eigenvalue weighted by Gasteiger charge is 2.05. The minimum absolute atomic E-state index is 0.404. The van der Waals surface area contributed by atoms with Crippen molar-refractivity contribution in [3.63, 3.8) is 0 Å². The molecule has 81 valence electrons. The standard InChI is InChI=1S/C12H14FO2/c1-9(8-13)6-10-7-11(14-2)4-5-12(10)15-3/h4-5,7-8H,1,6H2,2-3H3. The van der Waals surface area contributed by atoms with Crippen LogP contribution < -0.4 is 9.47 Å². The first-order valence-electron chi connectivity index (χ1n) is 4.53. The summed E-state index contributed by atoms with van der Waals surface area (Å²) in [4.78, 5) is 0. The molecule has 1 aromatic rings. The van der Waals surface area contributed by atoms with Crippen LogP contribution in [0.15, 0.2) is 30.1 Å². The third-order valence-electron chi connectivity index (χ3n) is 2.06. The van der Waals surface area contributed by atoms with Gasteiger partial charge in [-0.05, 0) is 37.1 Å². The number of ether oxygens (including phenoxy) is 2. The molecule has 0 unspecified atom stereocenters. The Labute approximate surface area is 89.3 Å². The van der Waals surface area contributed by atoms with Gasteiger partial charge in [-0.2, -0.15) is 0 Å². The number of halogens is 1. The molecule has 2 nitrogen and oxygen atoms in total. The van der Waals surface area contributed by atoms with Crippen LogP contribution in [0.3, 0.4) is 0 Å². The van der Waals surface area contributed by atoms with Gasteiger partial charge in [-0.3, -0.25) is 0 Å². The third-order valence-corrected chi connectivity index (χ3v) is 2.06. The zero-order valence-electron chi connectivity index (χ0n) is 8.92. The molecule has 0 N–H and O–H groups in total. The maximum atomic E-state index is 12.2. The van der Waals surface area contributed by atoms with E-state index in [0.717, 1.165) is 11.3 Å². The maximum absolute atomic E-state index is 12.2. The maximum Gasteiger partial charge on any atom is 0.122 e. The van der Waals surface area contributed by atoms with Crippen LogP contribution in [0, 0.1) is 6.92 Å². The normalized spacial score (nSPS) is 11.3. The van der Waals surface area contributed by atoms with Crippen molar-refractivity contribution >= 4 is 0 Å². The van der Waals surface area contributed by atoms with Gasteiger partial charge in [0.05, 0.1) is 20.5 Å². The van der Waals surface area contributed by atoms with Gasteiger partial charge in [0.1, 0.15) is 11.5 Å². The molecule has 1 rings (SSSR count). The lowest BCUT2D eigenvalue weighted by Crippen LogP contribution is -1.94. The van der Waals surface area contributed by atoms with Gasteiger partial charge in [0.25, 0.3) is 0 Å². The molecule has 1 aromatic carbocycles. The number of hydrogen-bond acceptors (Lipinski definition) is 2. The first kappa shape index (κ1) is 11.6. The predicted octanol–water partition coefficient (Wildman–Crippen LogP) is 2.93. The van der Waals surface area contributed by atoms with E-state index < -0.39 is 0 Å². The van der Waals surface area contributed by atoms with Crippen molar-refractivity contribution < 1.29 is 13.9 Å². The molecule has 0 saturated carbocycles. The number of allylic oxidation sites excluding steroid dienone is 1. The molecule has 0 saturated heterocycles. The molecular formula is C12H14FO2. The highest BCUT2D eigenvalue weighted by molar-refractivity contribution is 5.42. The summed E-state index contributed by atoms with van der Waals surface area (Å²) >= 11 is 0. The molecule has 0 atom stereocenters. The molecule has 3 heteroatoms. The fourth-order valence-corrected chi connectivity index (χ4v) is 1.30. The minimum atomic E-state index is 0.404. The van der Waals surface area contributed by atoms with E-state index in [4.69, 9.17) is 9.47 Å². The van der Waals surface area contributed by atoms with E-state index in [1.165, 1.54) is 0 Å². The van der Waals surface area contributed by atoms with Crippen LogP contribution in [0.5, 0.6) is 11.5 Å². The second-order valence-corrected chi connectivity index (χ2v) is 3.12. The van der Waals surface area contributed by atoms with E-state index in [2.05, 4.69) is 6.92 Å². The molecule has 15 heavy (non-hydrogen) atoms. The van der Waals surface area contributed by atoms with Crippen molar-refractivity contribution in [2.75, 3.05) is 14.2 Å². The van der Waals surface area contributed by atoms with E-state index in [9.17, 15) is 4.39 Å². The third kappa shape index (κ3) is 2.98. The van der Waals surface area contributed by atoms with Gasteiger partial charge in [-0.15, -0.1) is 0 Å². The molecule has 0 fully saturated rings. The predicted molar refractivity (Wildman–Crippen MR) is 57.8 cm³/mol. The Morgan fingerprint density at radius 2 is 2.13 bits per heavy atom. The first-order chi connectivity index (χ1) is 7.21. The number of rotatable bonds is 4. The van der Waals surface area contributed by atoms with Crippen LogP contribution in [-0.2, 0) is 6.42 Å². The zero-order valence-corrected chi connectivity index (χ0v) is 8.92. The minimum Gasteiger partial charge on any atom is -0.497 e. The highest BCUT2D eigenvalue weighted by atomic mass is 19.1. The summed E-state index contributed by atoms with van der Waals surface area (Å²) in [5.74, 6) is 1.43. The molecule has 0 aromatic heterocycles. The molecule has 0 spiro atoms. The lowest BCUT2D eigenvalue weighted by atomic mass is 10.1. The van der Waals surface area contributed by atoms with Crippen LogP contribution >= 0.6 is 0 Å². The summed E-state index contributed by atoms with van der Waals surface area (Å²) in [6, 6.07) is 5.40. The largest absolute Gasteiger partial charge is 0.497 e. The van der Waals surface area contributed by atoms with Crippen molar-refractivity contribution in [1.82, 2.24) is 0 Å². The van der Waals surface area contributed by atoms with Gasteiger partial charge < -0.3 is 9.47 Å². The molecule has 0 bridgehead atoms. The topological polar surface area (TPSA) is 18.5 Å². The quantitative estimate of drug-likeness (QED) is 0.759. The molecule has 0 aliphatic heterocycles. The molecule has 0 heterocycles. The van der Waals surface area contributed by atoms with Crippen LogP contribution in [0.2, 0.25) is 0 Å². The Hall–Kier alpha value is -1.51.